The third-order valence-electron chi connectivity index (χ3n) is 2.78. The minimum absolute atomic E-state index is 0.273. The van der Waals surface area contributed by atoms with Gasteiger partial charge in [-0.15, -0.1) is 0 Å². The van der Waals surface area contributed by atoms with Crippen LogP contribution >= 0.6 is 11.8 Å². The van der Waals surface area contributed by atoms with E-state index in [-0.39, 0.29) is 5.91 Å². The highest BCUT2D eigenvalue weighted by molar-refractivity contribution is 8.18. The van der Waals surface area contributed by atoms with Gasteiger partial charge in [0.25, 0.3) is 5.91 Å². The maximum absolute atomic E-state index is 11.5. The van der Waals surface area contributed by atoms with Gasteiger partial charge in [0.15, 0.2) is 5.17 Å². The smallest absolute Gasteiger partial charge is 0.286 e. The van der Waals surface area contributed by atoms with E-state index < -0.39 is 0 Å². The number of rotatable bonds is 5. The zero-order valence-corrected chi connectivity index (χ0v) is 12.4. The van der Waals surface area contributed by atoms with E-state index in [2.05, 4.69) is 18.8 Å². The van der Waals surface area contributed by atoms with Gasteiger partial charge in [0.2, 0.25) is 0 Å². The molecule has 2 rings (SSSR count). The molecule has 1 aromatic rings. The molecule has 2 N–H and O–H groups in total. The zero-order valence-electron chi connectivity index (χ0n) is 11.6. The minimum Gasteiger partial charge on any atom is -0.494 e. The van der Waals surface area contributed by atoms with Crippen LogP contribution in [0.5, 0.6) is 5.75 Å². The number of hydrogen-bond acceptors (Lipinski definition) is 4. The lowest BCUT2D eigenvalue weighted by molar-refractivity contribution is -0.113. The normalized spacial score (nSPS) is 16.9. The number of nitrogens with two attached hydrogens (primary N) is 1. The van der Waals surface area contributed by atoms with Crippen molar-refractivity contribution in [2.45, 2.75) is 20.3 Å². The highest BCUT2D eigenvalue weighted by Gasteiger charge is 2.19. The molecule has 1 heterocycles. The summed E-state index contributed by atoms with van der Waals surface area (Å²) in [4.78, 5) is 15.7. The van der Waals surface area contributed by atoms with Crippen LogP contribution in [0.15, 0.2) is 34.2 Å². The maximum atomic E-state index is 11.5. The molecule has 1 amide bonds. The number of thioether (sulfide) groups is 1. The average Bonchev–Trinajstić information content (AvgIpc) is 2.69. The fourth-order valence-corrected chi connectivity index (χ4v) is 2.33. The van der Waals surface area contributed by atoms with Gasteiger partial charge in [0.1, 0.15) is 5.75 Å². The van der Waals surface area contributed by atoms with Gasteiger partial charge in [0.05, 0.1) is 11.5 Å². The predicted octanol–water partition coefficient (Wildman–Crippen LogP) is 3.04. The Morgan fingerprint density at radius 3 is 2.60 bits per heavy atom. The summed E-state index contributed by atoms with van der Waals surface area (Å²) in [6.07, 6.45) is 2.82. The minimum atomic E-state index is -0.273. The molecule has 0 saturated heterocycles. The van der Waals surface area contributed by atoms with Crippen molar-refractivity contribution in [1.29, 1.82) is 0 Å². The third kappa shape index (κ3) is 4.13. The lowest BCUT2D eigenvalue weighted by Crippen LogP contribution is -2.01. The molecule has 1 aliphatic heterocycles. The van der Waals surface area contributed by atoms with Crippen LogP contribution in [-0.4, -0.2) is 17.7 Å². The van der Waals surface area contributed by atoms with E-state index in [9.17, 15) is 4.79 Å². The molecule has 1 aliphatic rings. The highest BCUT2D eigenvalue weighted by atomic mass is 32.2. The lowest BCUT2D eigenvalue weighted by Gasteiger charge is -2.08. The quantitative estimate of drug-likeness (QED) is 0.847. The first-order valence-electron chi connectivity index (χ1n) is 6.55. The third-order valence-corrected chi connectivity index (χ3v) is 3.59. The summed E-state index contributed by atoms with van der Waals surface area (Å²) in [5.41, 5.74) is 6.44. The van der Waals surface area contributed by atoms with Crippen LogP contribution in [0.2, 0.25) is 0 Å². The first-order chi connectivity index (χ1) is 9.54. The highest BCUT2D eigenvalue weighted by Crippen LogP contribution is 2.26. The second kappa shape index (κ2) is 6.61. The van der Waals surface area contributed by atoms with Gasteiger partial charge in [-0.05, 0) is 47.9 Å². The van der Waals surface area contributed by atoms with Crippen LogP contribution < -0.4 is 10.5 Å². The summed E-state index contributed by atoms with van der Waals surface area (Å²) >= 11 is 1.20. The van der Waals surface area contributed by atoms with Crippen molar-refractivity contribution >= 4 is 28.9 Å². The summed E-state index contributed by atoms with van der Waals surface area (Å²) in [6, 6.07) is 7.64. The number of nitrogens with zero attached hydrogens (tertiary/aromatic N) is 1. The number of amidine groups is 1. The average molecular weight is 290 g/mol. The number of carbonyl (C=O) groups is 1. The van der Waals surface area contributed by atoms with Crippen LogP contribution in [0.4, 0.5) is 0 Å². The van der Waals surface area contributed by atoms with Crippen molar-refractivity contribution in [3.8, 4) is 5.75 Å². The van der Waals surface area contributed by atoms with Gasteiger partial charge in [-0.3, -0.25) is 4.79 Å². The fourth-order valence-electron chi connectivity index (χ4n) is 1.65. The molecule has 0 unspecified atom stereocenters. The SMILES string of the molecule is CC(C)CCOc1ccc(/C=C2\SC(N)=NC2=O)cc1. The largest absolute Gasteiger partial charge is 0.494 e. The van der Waals surface area contributed by atoms with Gasteiger partial charge in [-0.1, -0.05) is 26.0 Å². The number of aliphatic imine (C=N–C) groups is 1. The lowest BCUT2D eigenvalue weighted by atomic mass is 10.1. The van der Waals surface area contributed by atoms with Gasteiger partial charge in [-0.2, -0.15) is 4.99 Å². The Morgan fingerprint density at radius 2 is 2.05 bits per heavy atom. The monoisotopic (exact) mass is 290 g/mol. The van der Waals surface area contributed by atoms with E-state index in [1.54, 1.807) is 6.08 Å². The first kappa shape index (κ1) is 14.7. The molecule has 0 radical (unpaired) electrons. The van der Waals surface area contributed by atoms with Crippen molar-refractivity contribution in [1.82, 2.24) is 0 Å². The Labute approximate surface area is 123 Å². The molecule has 4 nitrogen and oxygen atoms in total. The summed E-state index contributed by atoms with van der Waals surface area (Å²) < 4.78 is 5.64. The number of carbonyl (C=O) groups excluding carboxylic acids is 1. The number of hydrogen-bond donors (Lipinski definition) is 1. The molecule has 0 spiro atoms. The van der Waals surface area contributed by atoms with E-state index in [1.165, 1.54) is 11.8 Å². The summed E-state index contributed by atoms with van der Waals surface area (Å²) in [7, 11) is 0. The van der Waals surface area contributed by atoms with Crippen LogP contribution in [0.25, 0.3) is 6.08 Å². The van der Waals surface area contributed by atoms with Crippen LogP contribution in [0, 0.1) is 5.92 Å². The molecule has 0 aromatic heterocycles. The van der Waals surface area contributed by atoms with E-state index in [0.717, 1.165) is 24.3 Å². The molecule has 0 saturated carbocycles. The van der Waals surface area contributed by atoms with E-state index in [4.69, 9.17) is 10.5 Å². The molecular weight excluding hydrogens is 272 g/mol. The Morgan fingerprint density at radius 1 is 1.35 bits per heavy atom. The zero-order chi connectivity index (χ0) is 14.5. The standard InChI is InChI=1S/C15H18N2O2S/c1-10(2)7-8-19-12-5-3-11(4-6-12)9-13-14(18)17-15(16)20-13/h3-6,9-10H,7-8H2,1-2H3,(H2,16,17,18)/b13-9-. The van der Waals surface area contributed by atoms with Crippen molar-refractivity contribution in [2.75, 3.05) is 6.61 Å². The van der Waals surface area contributed by atoms with Gasteiger partial charge >= 0.3 is 0 Å². The summed E-state index contributed by atoms with van der Waals surface area (Å²) in [5, 5.41) is 0.301. The van der Waals surface area contributed by atoms with Gasteiger partial charge in [0, 0.05) is 0 Å². The molecule has 0 bridgehead atoms. The first-order valence-corrected chi connectivity index (χ1v) is 7.37. The predicted molar refractivity (Wildman–Crippen MR) is 83.6 cm³/mol. The topological polar surface area (TPSA) is 64.7 Å². The second-order valence-corrected chi connectivity index (χ2v) is 6.03. The summed E-state index contributed by atoms with van der Waals surface area (Å²) in [6.45, 7) is 5.06. The molecule has 106 valence electrons. The Kier molecular flexibility index (Phi) is 4.84. The molecule has 1 aromatic carbocycles. The molecule has 20 heavy (non-hydrogen) atoms. The Balaban J connectivity index is 1.95. The Bertz CT molecular complexity index is 547. The van der Waals surface area contributed by atoms with Crippen LogP contribution in [0.3, 0.4) is 0 Å². The van der Waals surface area contributed by atoms with Crippen molar-refractivity contribution in [3.05, 3.63) is 34.7 Å². The fraction of sp³-hybridized carbons (Fsp3) is 0.333. The molecule has 5 heteroatoms. The Hall–Kier alpha value is -1.75. The van der Waals surface area contributed by atoms with Crippen molar-refractivity contribution in [3.63, 3.8) is 0 Å². The molecule has 0 atom stereocenters. The van der Waals surface area contributed by atoms with E-state index >= 15 is 0 Å². The van der Waals surface area contributed by atoms with Crippen LogP contribution in [-0.2, 0) is 4.79 Å². The van der Waals surface area contributed by atoms with Crippen molar-refractivity contribution < 1.29 is 9.53 Å². The molecule has 0 fully saturated rings. The molecule has 0 aliphatic carbocycles. The van der Waals surface area contributed by atoms with Crippen molar-refractivity contribution in [2.24, 2.45) is 16.6 Å². The number of benzene rings is 1. The second-order valence-electron chi connectivity index (χ2n) is 4.97. The summed E-state index contributed by atoms with van der Waals surface area (Å²) in [5.74, 6) is 1.20. The van der Waals surface area contributed by atoms with E-state index in [0.29, 0.717) is 16.0 Å². The van der Waals surface area contributed by atoms with E-state index in [1.807, 2.05) is 24.3 Å². The van der Waals surface area contributed by atoms with Gasteiger partial charge in [-0.25, -0.2) is 0 Å². The molecular formula is C15H18N2O2S. The number of amides is 1. The number of ether oxygens (including phenoxy) is 1. The maximum Gasteiger partial charge on any atom is 0.286 e. The van der Waals surface area contributed by atoms with Crippen LogP contribution in [0.1, 0.15) is 25.8 Å². The van der Waals surface area contributed by atoms with Gasteiger partial charge < -0.3 is 10.5 Å².